The molecule has 0 heterocycles. The lowest BCUT2D eigenvalue weighted by molar-refractivity contribution is 0.304. The number of benzene rings is 2. The zero-order valence-electron chi connectivity index (χ0n) is 11.3. The monoisotopic (exact) mass is 331 g/mol. The Kier molecular flexibility index (Phi) is 4.38. The highest BCUT2D eigenvalue weighted by Crippen LogP contribution is 2.27. The van der Waals surface area contributed by atoms with Crippen molar-refractivity contribution in [2.24, 2.45) is 0 Å². The number of hydrogen-bond donors (Lipinski definition) is 1. The fourth-order valence-corrected chi connectivity index (χ4v) is 2.41. The second kappa shape index (κ2) is 6.42. The highest BCUT2D eigenvalue weighted by molar-refractivity contribution is 9.10. The smallest absolute Gasteiger partial charge is 0.134 e. The van der Waals surface area contributed by atoms with E-state index >= 15 is 0 Å². The molecular formula is C17H18BrNO. The average molecular weight is 332 g/mol. The van der Waals surface area contributed by atoms with Crippen LogP contribution >= 0.6 is 15.9 Å². The van der Waals surface area contributed by atoms with Crippen LogP contribution in [0.15, 0.2) is 53.0 Å². The summed E-state index contributed by atoms with van der Waals surface area (Å²) in [6.07, 6.45) is 2.63. The van der Waals surface area contributed by atoms with Gasteiger partial charge in [-0.3, -0.25) is 0 Å². The van der Waals surface area contributed by atoms with Gasteiger partial charge in [0.05, 0.1) is 4.47 Å². The lowest BCUT2D eigenvalue weighted by atomic mass is 10.2. The molecule has 0 spiro atoms. The Morgan fingerprint density at radius 2 is 1.85 bits per heavy atom. The average Bonchev–Trinajstić information content (AvgIpc) is 3.30. The zero-order valence-corrected chi connectivity index (χ0v) is 12.9. The summed E-state index contributed by atoms with van der Waals surface area (Å²) < 4.78 is 6.91. The number of rotatable bonds is 6. The van der Waals surface area contributed by atoms with Crippen molar-refractivity contribution in [3.8, 4) is 5.75 Å². The Hall–Kier alpha value is -1.32. The molecule has 1 aliphatic carbocycles. The Morgan fingerprint density at radius 1 is 1.05 bits per heavy atom. The SMILES string of the molecule is Brc1ccc(CNC2CC2)cc1OCc1ccccc1. The van der Waals surface area contributed by atoms with Crippen molar-refractivity contribution in [1.82, 2.24) is 5.32 Å². The third-order valence-corrected chi connectivity index (χ3v) is 4.06. The molecule has 0 bridgehead atoms. The summed E-state index contributed by atoms with van der Waals surface area (Å²) in [4.78, 5) is 0. The quantitative estimate of drug-likeness (QED) is 0.852. The molecule has 1 N–H and O–H groups in total. The molecule has 0 aliphatic heterocycles. The van der Waals surface area contributed by atoms with Crippen molar-refractivity contribution in [3.63, 3.8) is 0 Å². The van der Waals surface area contributed by atoms with Gasteiger partial charge in [0.25, 0.3) is 0 Å². The summed E-state index contributed by atoms with van der Waals surface area (Å²) in [6, 6.07) is 17.3. The molecule has 20 heavy (non-hydrogen) atoms. The first-order chi connectivity index (χ1) is 9.81. The van der Waals surface area contributed by atoms with E-state index in [2.05, 4.69) is 51.6 Å². The van der Waals surface area contributed by atoms with Crippen molar-refractivity contribution in [1.29, 1.82) is 0 Å². The molecule has 0 amide bonds. The minimum Gasteiger partial charge on any atom is -0.488 e. The summed E-state index contributed by atoms with van der Waals surface area (Å²) >= 11 is 3.55. The van der Waals surface area contributed by atoms with E-state index in [0.29, 0.717) is 6.61 Å². The van der Waals surface area contributed by atoms with E-state index in [1.54, 1.807) is 0 Å². The van der Waals surface area contributed by atoms with Gasteiger partial charge >= 0.3 is 0 Å². The lowest BCUT2D eigenvalue weighted by Gasteiger charge is -2.11. The van der Waals surface area contributed by atoms with Gasteiger partial charge in [0, 0.05) is 12.6 Å². The minimum absolute atomic E-state index is 0.596. The predicted molar refractivity (Wildman–Crippen MR) is 84.8 cm³/mol. The molecule has 0 unspecified atom stereocenters. The van der Waals surface area contributed by atoms with Gasteiger partial charge in [-0.15, -0.1) is 0 Å². The van der Waals surface area contributed by atoms with E-state index in [1.165, 1.54) is 24.0 Å². The predicted octanol–water partition coefficient (Wildman–Crippen LogP) is 4.28. The molecule has 2 aromatic carbocycles. The fraction of sp³-hybridized carbons (Fsp3) is 0.294. The molecule has 1 saturated carbocycles. The molecule has 3 heteroatoms. The van der Waals surface area contributed by atoms with Gasteiger partial charge in [-0.25, -0.2) is 0 Å². The zero-order chi connectivity index (χ0) is 13.8. The first kappa shape index (κ1) is 13.7. The van der Waals surface area contributed by atoms with Crippen LogP contribution in [0.2, 0.25) is 0 Å². The molecule has 2 aromatic rings. The van der Waals surface area contributed by atoms with Crippen LogP contribution in [0.5, 0.6) is 5.75 Å². The van der Waals surface area contributed by atoms with Crippen LogP contribution in [0.1, 0.15) is 24.0 Å². The third kappa shape index (κ3) is 3.84. The topological polar surface area (TPSA) is 21.3 Å². The Bertz CT molecular complexity index is 566. The molecule has 1 aliphatic rings. The second-order valence-electron chi connectivity index (χ2n) is 5.19. The van der Waals surface area contributed by atoms with Gasteiger partial charge in [-0.2, -0.15) is 0 Å². The van der Waals surface area contributed by atoms with E-state index in [9.17, 15) is 0 Å². The summed E-state index contributed by atoms with van der Waals surface area (Å²) in [5.74, 6) is 0.906. The van der Waals surface area contributed by atoms with Crippen LogP contribution in [0.3, 0.4) is 0 Å². The van der Waals surface area contributed by atoms with Gasteiger partial charge in [0.15, 0.2) is 0 Å². The van der Waals surface area contributed by atoms with E-state index in [4.69, 9.17) is 4.74 Å². The first-order valence-electron chi connectivity index (χ1n) is 7.00. The highest BCUT2D eigenvalue weighted by atomic mass is 79.9. The summed E-state index contributed by atoms with van der Waals surface area (Å²) in [5, 5.41) is 3.52. The number of hydrogen-bond acceptors (Lipinski definition) is 2. The molecular weight excluding hydrogens is 314 g/mol. The van der Waals surface area contributed by atoms with Crippen molar-refractivity contribution < 1.29 is 4.74 Å². The summed E-state index contributed by atoms with van der Waals surface area (Å²) in [7, 11) is 0. The maximum absolute atomic E-state index is 5.91. The molecule has 0 radical (unpaired) electrons. The maximum atomic E-state index is 5.91. The van der Waals surface area contributed by atoms with E-state index in [0.717, 1.165) is 22.8 Å². The second-order valence-corrected chi connectivity index (χ2v) is 6.05. The first-order valence-corrected chi connectivity index (χ1v) is 7.79. The van der Waals surface area contributed by atoms with Crippen molar-refractivity contribution in [2.75, 3.05) is 0 Å². The summed E-state index contributed by atoms with van der Waals surface area (Å²) in [6.45, 7) is 1.51. The van der Waals surface area contributed by atoms with Crippen LogP contribution in [0, 0.1) is 0 Å². The minimum atomic E-state index is 0.596. The van der Waals surface area contributed by atoms with Gasteiger partial charge < -0.3 is 10.1 Å². The van der Waals surface area contributed by atoms with Crippen molar-refractivity contribution >= 4 is 15.9 Å². The van der Waals surface area contributed by atoms with Crippen molar-refractivity contribution in [3.05, 3.63) is 64.1 Å². The number of nitrogens with one attached hydrogen (secondary N) is 1. The molecule has 2 nitrogen and oxygen atoms in total. The molecule has 1 fully saturated rings. The van der Waals surface area contributed by atoms with Gasteiger partial charge in [-0.1, -0.05) is 36.4 Å². The Labute approximate surface area is 128 Å². The largest absolute Gasteiger partial charge is 0.488 e. The van der Waals surface area contributed by atoms with Crippen LogP contribution in [0.4, 0.5) is 0 Å². The van der Waals surface area contributed by atoms with E-state index < -0.39 is 0 Å². The molecule has 0 saturated heterocycles. The highest BCUT2D eigenvalue weighted by Gasteiger charge is 2.20. The Balaban J connectivity index is 1.63. The molecule has 3 rings (SSSR count). The maximum Gasteiger partial charge on any atom is 0.134 e. The molecule has 0 aromatic heterocycles. The lowest BCUT2D eigenvalue weighted by Crippen LogP contribution is -2.15. The third-order valence-electron chi connectivity index (χ3n) is 3.40. The molecule has 104 valence electrons. The van der Waals surface area contributed by atoms with Crippen LogP contribution < -0.4 is 10.1 Å². The number of ether oxygens (including phenoxy) is 1. The van der Waals surface area contributed by atoms with Crippen LogP contribution in [-0.4, -0.2) is 6.04 Å². The van der Waals surface area contributed by atoms with Crippen molar-refractivity contribution in [2.45, 2.75) is 32.0 Å². The van der Waals surface area contributed by atoms with Gasteiger partial charge in [0.1, 0.15) is 12.4 Å². The van der Waals surface area contributed by atoms with Gasteiger partial charge in [0.2, 0.25) is 0 Å². The van der Waals surface area contributed by atoms with Crippen LogP contribution in [-0.2, 0) is 13.2 Å². The fourth-order valence-electron chi connectivity index (χ4n) is 2.05. The van der Waals surface area contributed by atoms with Gasteiger partial charge in [-0.05, 0) is 52.0 Å². The van der Waals surface area contributed by atoms with E-state index in [-0.39, 0.29) is 0 Å². The number of halogens is 1. The summed E-state index contributed by atoms with van der Waals surface area (Å²) in [5.41, 5.74) is 2.45. The normalized spacial score (nSPS) is 14.2. The van der Waals surface area contributed by atoms with Crippen LogP contribution in [0.25, 0.3) is 0 Å². The van der Waals surface area contributed by atoms with E-state index in [1.807, 2.05) is 18.2 Å². The molecule has 0 atom stereocenters. The Morgan fingerprint density at radius 3 is 2.60 bits per heavy atom. The standard InChI is InChI=1S/C17H18BrNO/c18-16-9-6-14(11-19-15-7-8-15)10-17(16)20-12-13-4-2-1-3-5-13/h1-6,9-10,15,19H,7-8,11-12H2.